The zero-order chi connectivity index (χ0) is 15.6. The van der Waals surface area contributed by atoms with Crippen molar-refractivity contribution in [2.75, 3.05) is 11.9 Å². The Morgan fingerprint density at radius 2 is 1.95 bits per heavy atom. The average Bonchev–Trinajstić information content (AvgIpc) is 2.58. The van der Waals surface area contributed by atoms with E-state index in [2.05, 4.69) is 32.5 Å². The number of anilines is 1. The minimum absolute atomic E-state index is 0.205. The second-order valence-electron chi connectivity index (χ2n) is 4.93. The molecular formula is C16H21N5O. The van der Waals surface area contributed by atoms with Crippen LogP contribution in [0, 0.1) is 0 Å². The summed E-state index contributed by atoms with van der Waals surface area (Å²) < 4.78 is 0. The molecule has 0 saturated heterocycles. The Morgan fingerprint density at radius 1 is 1.14 bits per heavy atom. The van der Waals surface area contributed by atoms with Gasteiger partial charge in [0.1, 0.15) is 0 Å². The van der Waals surface area contributed by atoms with E-state index in [1.807, 2.05) is 18.2 Å². The first-order valence-corrected chi connectivity index (χ1v) is 7.53. The highest BCUT2D eigenvalue weighted by Crippen LogP contribution is 2.02. The highest BCUT2D eigenvalue weighted by molar-refractivity contribution is 5.93. The fourth-order valence-corrected chi connectivity index (χ4v) is 1.89. The lowest BCUT2D eigenvalue weighted by Gasteiger charge is -2.06. The summed E-state index contributed by atoms with van der Waals surface area (Å²) in [6.07, 6.45) is 8.21. The summed E-state index contributed by atoms with van der Waals surface area (Å²) >= 11 is 0. The molecule has 0 saturated carbocycles. The zero-order valence-corrected chi connectivity index (χ0v) is 12.7. The summed E-state index contributed by atoms with van der Waals surface area (Å²) in [4.78, 5) is 24.4. The van der Waals surface area contributed by atoms with Crippen LogP contribution in [0.25, 0.3) is 0 Å². The van der Waals surface area contributed by atoms with E-state index in [1.54, 1.807) is 6.20 Å². The van der Waals surface area contributed by atoms with Crippen molar-refractivity contribution in [3.05, 3.63) is 48.0 Å². The molecule has 0 atom stereocenters. The SMILES string of the molecule is CCCCCNc1ncc(C(=O)NCc2ccccn2)cn1. The molecule has 0 bridgehead atoms. The van der Waals surface area contributed by atoms with Crippen LogP contribution in [0.15, 0.2) is 36.8 Å². The lowest BCUT2D eigenvalue weighted by molar-refractivity contribution is 0.0949. The van der Waals surface area contributed by atoms with Gasteiger partial charge >= 0.3 is 0 Å². The lowest BCUT2D eigenvalue weighted by Crippen LogP contribution is -2.23. The maximum Gasteiger partial charge on any atom is 0.254 e. The molecule has 0 unspecified atom stereocenters. The van der Waals surface area contributed by atoms with E-state index in [-0.39, 0.29) is 5.91 Å². The van der Waals surface area contributed by atoms with Gasteiger partial charge in [0.2, 0.25) is 5.95 Å². The number of carbonyl (C=O) groups is 1. The molecule has 1 amide bonds. The first-order valence-electron chi connectivity index (χ1n) is 7.53. The number of pyridine rings is 1. The van der Waals surface area contributed by atoms with Crippen LogP contribution >= 0.6 is 0 Å². The molecule has 22 heavy (non-hydrogen) atoms. The normalized spacial score (nSPS) is 10.2. The van der Waals surface area contributed by atoms with Gasteiger partial charge < -0.3 is 10.6 Å². The Bertz CT molecular complexity index is 571. The minimum Gasteiger partial charge on any atom is -0.354 e. The van der Waals surface area contributed by atoms with E-state index in [9.17, 15) is 4.79 Å². The number of hydrogen-bond donors (Lipinski definition) is 2. The summed E-state index contributed by atoms with van der Waals surface area (Å²) in [5.41, 5.74) is 1.25. The predicted octanol–water partition coefficient (Wildman–Crippen LogP) is 2.40. The van der Waals surface area contributed by atoms with Crippen molar-refractivity contribution in [1.82, 2.24) is 20.3 Å². The van der Waals surface area contributed by atoms with Crippen molar-refractivity contribution < 1.29 is 4.79 Å². The molecule has 6 nitrogen and oxygen atoms in total. The molecule has 0 aliphatic heterocycles. The Kier molecular flexibility index (Phi) is 6.29. The first-order chi connectivity index (χ1) is 10.8. The smallest absolute Gasteiger partial charge is 0.254 e. The van der Waals surface area contributed by atoms with Crippen LogP contribution in [0.4, 0.5) is 5.95 Å². The maximum atomic E-state index is 12.0. The zero-order valence-electron chi connectivity index (χ0n) is 12.7. The molecule has 116 valence electrons. The molecule has 0 aliphatic rings. The molecule has 2 heterocycles. The minimum atomic E-state index is -0.205. The van der Waals surface area contributed by atoms with Gasteiger partial charge in [0.05, 0.1) is 17.8 Å². The monoisotopic (exact) mass is 299 g/mol. The van der Waals surface area contributed by atoms with Gasteiger partial charge in [0, 0.05) is 25.1 Å². The third-order valence-electron chi connectivity index (χ3n) is 3.13. The van der Waals surface area contributed by atoms with Gasteiger partial charge in [-0.25, -0.2) is 9.97 Å². The average molecular weight is 299 g/mol. The molecule has 6 heteroatoms. The third-order valence-corrected chi connectivity index (χ3v) is 3.13. The highest BCUT2D eigenvalue weighted by atomic mass is 16.1. The van der Waals surface area contributed by atoms with Crippen molar-refractivity contribution in [2.24, 2.45) is 0 Å². The van der Waals surface area contributed by atoms with Gasteiger partial charge in [-0.15, -0.1) is 0 Å². The van der Waals surface area contributed by atoms with Crippen LogP contribution in [0.1, 0.15) is 42.2 Å². The van der Waals surface area contributed by atoms with Crippen molar-refractivity contribution in [3.63, 3.8) is 0 Å². The molecular weight excluding hydrogens is 278 g/mol. The maximum absolute atomic E-state index is 12.0. The topological polar surface area (TPSA) is 79.8 Å². The summed E-state index contributed by atoms with van der Waals surface area (Å²) in [6, 6.07) is 5.59. The van der Waals surface area contributed by atoms with Crippen LogP contribution in [0.2, 0.25) is 0 Å². The van der Waals surface area contributed by atoms with E-state index in [0.29, 0.717) is 18.1 Å². The van der Waals surface area contributed by atoms with Gasteiger partial charge in [0.25, 0.3) is 5.91 Å². The van der Waals surface area contributed by atoms with Gasteiger partial charge in [-0.2, -0.15) is 0 Å². The van der Waals surface area contributed by atoms with Crippen LogP contribution in [-0.2, 0) is 6.54 Å². The summed E-state index contributed by atoms with van der Waals surface area (Å²) in [6.45, 7) is 3.39. The predicted molar refractivity (Wildman–Crippen MR) is 85.5 cm³/mol. The molecule has 2 aromatic rings. The van der Waals surface area contributed by atoms with Crippen molar-refractivity contribution >= 4 is 11.9 Å². The Morgan fingerprint density at radius 3 is 2.64 bits per heavy atom. The number of unbranched alkanes of at least 4 members (excludes halogenated alkanes) is 2. The van der Waals surface area contributed by atoms with E-state index in [1.165, 1.54) is 25.2 Å². The molecule has 2 aromatic heterocycles. The standard InChI is InChI=1S/C16H21N5O/c1-2-3-5-9-18-16-20-10-13(11-21-16)15(22)19-12-14-7-4-6-8-17-14/h4,6-8,10-11H,2-3,5,9,12H2,1H3,(H,19,22)(H,18,20,21). The molecule has 2 N–H and O–H groups in total. The Balaban J connectivity index is 1.80. The fraction of sp³-hybridized carbons (Fsp3) is 0.375. The van der Waals surface area contributed by atoms with Gasteiger partial charge in [-0.1, -0.05) is 25.8 Å². The Labute approximate surface area is 130 Å². The molecule has 0 spiro atoms. The van der Waals surface area contributed by atoms with E-state index in [0.717, 1.165) is 18.7 Å². The third kappa shape index (κ3) is 5.12. The number of nitrogens with one attached hydrogen (secondary N) is 2. The van der Waals surface area contributed by atoms with E-state index in [4.69, 9.17) is 0 Å². The molecule has 0 fully saturated rings. The number of hydrogen-bond acceptors (Lipinski definition) is 5. The number of aromatic nitrogens is 3. The molecule has 2 rings (SSSR count). The van der Waals surface area contributed by atoms with Crippen LogP contribution < -0.4 is 10.6 Å². The summed E-state index contributed by atoms with van der Waals surface area (Å²) in [5.74, 6) is 0.348. The lowest BCUT2D eigenvalue weighted by atomic mass is 10.2. The molecule has 0 aliphatic carbocycles. The first kappa shape index (κ1) is 15.9. The largest absolute Gasteiger partial charge is 0.354 e. The van der Waals surface area contributed by atoms with E-state index >= 15 is 0 Å². The fourth-order valence-electron chi connectivity index (χ4n) is 1.89. The molecule has 0 radical (unpaired) electrons. The summed E-state index contributed by atoms with van der Waals surface area (Å²) in [7, 11) is 0. The summed E-state index contributed by atoms with van der Waals surface area (Å²) in [5, 5.41) is 5.93. The molecule has 0 aromatic carbocycles. The number of rotatable bonds is 8. The van der Waals surface area contributed by atoms with Crippen LogP contribution in [-0.4, -0.2) is 27.4 Å². The van der Waals surface area contributed by atoms with Crippen LogP contribution in [0.5, 0.6) is 0 Å². The number of amides is 1. The van der Waals surface area contributed by atoms with Gasteiger partial charge in [-0.3, -0.25) is 9.78 Å². The van der Waals surface area contributed by atoms with Crippen molar-refractivity contribution in [1.29, 1.82) is 0 Å². The Hall–Kier alpha value is -2.50. The second kappa shape index (κ2) is 8.71. The van der Waals surface area contributed by atoms with Gasteiger partial charge in [-0.05, 0) is 18.6 Å². The second-order valence-corrected chi connectivity index (χ2v) is 4.93. The van der Waals surface area contributed by atoms with Crippen molar-refractivity contribution in [2.45, 2.75) is 32.7 Å². The van der Waals surface area contributed by atoms with Gasteiger partial charge in [0.15, 0.2) is 0 Å². The van der Waals surface area contributed by atoms with E-state index < -0.39 is 0 Å². The van der Waals surface area contributed by atoms with Crippen molar-refractivity contribution in [3.8, 4) is 0 Å². The number of carbonyl (C=O) groups excluding carboxylic acids is 1. The number of nitrogens with zero attached hydrogens (tertiary/aromatic N) is 3. The quantitative estimate of drug-likeness (QED) is 0.732. The highest BCUT2D eigenvalue weighted by Gasteiger charge is 2.07. The van der Waals surface area contributed by atoms with Crippen LogP contribution in [0.3, 0.4) is 0 Å².